The Bertz CT molecular complexity index is 2870. The van der Waals surface area contributed by atoms with Crippen molar-refractivity contribution in [1.82, 2.24) is 9.97 Å². The van der Waals surface area contributed by atoms with Crippen LogP contribution in [-0.2, 0) is 0 Å². The van der Waals surface area contributed by atoms with E-state index in [-0.39, 0.29) is 0 Å². The van der Waals surface area contributed by atoms with Gasteiger partial charge in [0.05, 0.1) is 0 Å². The highest BCUT2D eigenvalue weighted by Crippen LogP contribution is 2.38. The quantitative estimate of drug-likeness (QED) is 0.102. The summed E-state index contributed by atoms with van der Waals surface area (Å²) >= 11 is 1.85. The van der Waals surface area contributed by atoms with Gasteiger partial charge in [0.25, 0.3) is 0 Å². The highest BCUT2D eigenvalue weighted by Gasteiger charge is 2.44. The molecule has 2 nitrogen and oxygen atoms in total. The first-order valence-corrected chi connectivity index (χ1v) is 26.3. The van der Waals surface area contributed by atoms with Gasteiger partial charge in [0.2, 0.25) is 16.1 Å². The minimum atomic E-state index is -2.71. The zero-order chi connectivity index (χ0) is 42.1. The molecule has 0 saturated carbocycles. The van der Waals surface area contributed by atoms with Crippen molar-refractivity contribution in [3.05, 3.63) is 255 Å². The zero-order valence-electron chi connectivity index (χ0n) is 34.6. The van der Waals surface area contributed by atoms with Crippen LogP contribution in [0.5, 0.6) is 0 Å². The highest BCUT2D eigenvalue weighted by atomic mass is 32.1. The second kappa shape index (κ2) is 16.5. The Morgan fingerprint density at radius 1 is 0.270 bits per heavy atom. The van der Waals surface area contributed by atoms with Crippen molar-refractivity contribution in [1.29, 1.82) is 0 Å². The number of hydrogen-bond donors (Lipinski definition) is 0. The minimum Gasteiger partial charge on any atom is -0.264 e. The number of fused-ring (bicyclic) bond motifs is 3. The summed E-state index contributed by atoms with van der Waals surface area (Å²) in [4.78, 5) is 10.8. The highest BCUT2D eigenvalue weighted by molar-refractivity contribution is 7.26. The van der Waals surface area contributed by atoms with Gasteiger partial charge in [-0.2, -0.15) is 0 Å². The molecule has 0 aliphatic heterocycles. The second-order valence-corrected chi connectivity index (χ2v) is 24.7. The molecule has 5 heteroatoms. The topological polar surface area (TPSA) is 25.8 Å². The van der Waals surface area contributed by atoms with Crippen LogP contribution in [0.2, 0.25) is 0 Å². The van der Waals surface area contributed by atoms with Gasteiger partial charge in [0.15, 0.2) is 0 Å². The molecule has 0 N–H and O–H groups in total. The van der Waals surface area contributed by atoms with Crippen LogP contribution in [0.1, 0.15) is 0 Å². The molecule has 0 saturated heterocycles. The molecular formula is C58H42N2SSi2. The van der Waals surface area contributed by atoms with Crippen LogP contribution in [0, 0.1) is 0 Å². The van der Waals surface area contributed by atoms with Crippen LogP contribution in [0.25, 0.3) is 42.4 Å². The normalized spacial score (nSPS) is 11.8. The molecule has 11 rings (SSSR count). The third-order valence-electron chi connectivity index (χ3n) is 12.7. The largest absolute Gasteiger partial charge is 0.264 e. The van der Waals surface area contributed by atoms with Crippen molar-refractivity contribution in [2.75, 3.05) is 0 Å². The molecule has 298 valence electrons. The molecule has 0 spiro atoms. The maximum absolute atomic E-state index is 5.38. The fourth-order valence-corrected chi connectivity index (χ4v) is 19.9. The fourth-order valence-electron chi connectivity index (χ4n) is 9.73. The zero-order valence-corrected chi connectivity index (χ0v) is 37.4. The van der Waals surface area contributed by atoms with Gasteiger partial charge in [0.1, 0.15) is 0 Å². The predicted molar refractivity (Wildman–Crippen MR) is 273 cm³/mol. The van der Waals surface area contributed by atoms with Gasteiger partial charge in [-0.3, -0.25) is 9.97 Å². The predicted octanol–water partition coefficient (Wildman–Crippen LogP) is 8.93. The van der Waals surface area contributed by atoms with Gasteiger partial charge in [-0.05, 0) is 89.8 Å². The number of thiophene rings is 1. The maximum atomic E-state index is 5.38. The summed E-state index contributed by atoms with van der Waals surface area (Å²) in [6, 6.07) is 88.8. The van der Waals surface area contributed by atoms with Gasteiger partial charge in [0, 0.05) is 43.2 Å². The van der Waals surface area contributed by atoms with E-state index in [1.54, 1.807) is 0 Å². The number of hydrogen-bond acceptors (Lipinski definition) is 3. The Labute approximate surface area is 374 Å². The number of nitrogens with zero attached hydrogens (tertiary/aromatic N) is 2. The SMILES string of the molecule is c1ccc([Si](c2ccccc2)(c2ccccc2)c2ccc(-c3ccc4sc5ccc(-c6ccc([Si](c7ccccc7)(c7ccccc7)c7ccccc7)nc6)cc5c4c3)cn2)cc1. The molecule has 3 aromatic heterocycles. The molecule has 0 atom stereocenters. The number of aromatic nitrogens is 2. The molecule has 0 unspecified atom stereocenters. The van der Waals surface area contributed by atoms with E-state index in [0.717, 1.165) is 32.9 Å². The lowest BCUT2D eigenvalue weighted by atomic mass is 10.0. The van der Waals surface area contributed by atoms with Crippen molar-refractivity contribution in [2.45, 2.75) is 0 Å². The van der Waals surface area contributed by atoms with Crippen LogP contribution in [0.3, 0.4) is 0 Å². The third-order valence-corrected chi connectivity index (χ3v) is 23.1. The first-order valence-electron chi connectivity index (χ1n) is 21.5. The van der Waals surface area contributed by atoms with Crippen LogP contribution in [0.4, 0.5) is 0 Å². The minimum absolute atomic E-state index is 1.11. The van der Waals surface area contributed by atoms with E-state index in [1.807, 2.05) is 11.3 Å². The van der Waals surface area contributed by atoms with Gasteiger partial charge in [-0.15, -0.1) is 11.3 Å². The summed E-state index contributed by atoms with van der Waals surface area (Å²) in [5, 5.41) is 12.7. The van der Waals surface area contributed by atoms with Crippen molar-refractivity contribution in [2.24, 2.45) is 0 Å². The van der Waals surface area contributed by atoms with E-state index in [4.69, 9.17) is 9.97 Å². The Balaban J connectivity index is 0.981. The summed E-state index contributed by atoms with van der Waals surface area (Å²) in [6.45, 7) is 0. The Hall–Kier alpha value is -7.29. The maximum Gasteiger partial charge on any atom is 0.201 e. The standard InChI is InChI=1S/C58H42N2SSi2/c1-7-19-47(20-8-1)62(48-21-9-2-10-22-48,49-23-11-3-12-24-49)57-37-33-45(41-59-57)43-31-35-55-53(39-43)54-40-44(32-36-56(54)61-55)46-34-38-58(60-42-46)63(50-25-13-4-14-26-50,51-27-15-5-16-28-51)52-29-17-6-18-30-52/h1-42H. The molecular weight excluding hydrogens is 813 g/mol. The van der Waals surface area contributed by atoms with Crippen LogP contribution in [0.15, 0.2) is 255 Å². The molecule has 0 bridgehead atoms. The molecule has 0 fully saturated rings. The first-order chi connectivity index (χ1) is 31.2. The van der Waals surface area contributed by atoms with Gasteiger partial charge >= 0.3 is 0 Å². The smallest absolute Gasteiger partial charge is 0.201 e. The summed E-state index contributed by atoms with van der Waals surface area (Å²) in [5.41, 5.74) is 4.54. The lowest BCUT2D eigenvalue weighted by Gasteiger charge is -2.33. The van der Waals surface area contributed by atoms with Crippen LogP contribution in [-0.4, -0.2) is 26.1 Å². The van der Waals surface area contributed by atoms with Gasteiger partial charge in [-0.25, -0.2) is 0 Å². The number of pyridine rings is 2. The van der Waals surface area contributed by atoms with E-state index in [2.05, 4.69) is 255 Å². The second-order valence-electron chi connectivity index (χ2n) is 16.1. The fraction of sp³-hybridized carbons (Fsp3) is 0. The number of benzene rings is 8. The van der Waals surface area contributed by atoms with Gasteiger partial charge in [-0.1, -0.05) is 206 Å². The molecule has 8 aromatic carbocycles. The average molecular weight is 855 g/mol. The summed E-state index contributed by atoms with van der Waals surface area (Å²) in [5.74, 6) is 0. The summed E-state index contributed by atoms with van der Waals surface area (Å²) in [6.07, 6.45) is 4.17. The molecule has 0 aliphatic rings. The molecule has 3 heterocycles. The van der Waals surface area contributed by atoms with E-state index in [0.29, 0.717) is 0 Å². The molecule has 0 amide bonds. The summed E-state index contributed by atoms with van der Waals surface area (Å²) in [7, 11) is -5.42. The number of rotatable bonds is 10. The van der Waals surface area contributed by atoms with Crippen LogP contribution < -0.4 is 41.8 Å². The van der Waals surface area contributed by atoms with Gasteiger partial charge < -0.3 is 0 Å². The van der Waals surface area contributed by atoms with E-state index < -0.39 is 16.1 Å². The van der Waals surface area contributed by atoms with Crippen molar-refractivity contribution >= 4 is 89.4 Å². The third kappa shape index (κ3) is 6.69. The Kier molecular flexibility index (Phi) is 10.1. The van der Waals surface area contributed by atoms with Crippen molar-refractivity contribution in [3.8, 4) is 22.3 Å². The Morgan fingerprint density at radius 2 is 0.540 bits per heavy atom. The van der Waals surface area contributed by atoms with E-state index in [1.165, 1.54) is 51.3 Å². The molecule has 63 heavy (non-hydrogen) atoms. The first kappa shape index (κ1) is 38.6. The lowest BCUT2D eigenvalue weighted by molar-refractivity contribution is 1.37. The van der Waals surface area contributed by atoms with E-state index in [9.17, 15) is 0 Å². The monoisotopic (exact) mass is 854 g/mol. The molecule has 0 radical (unpaired) electrons. The Morgan fingerprint density at radius 3 is 0.794 bits per heavy atom. The lowest BCUT2D eigenvalue weighted by Crippen LogP contribution is -2.75. The molecule has 0 aliphatic carbocycles. The molecule has 11 aromatic rings. The van der Waals surface area contributed by atoms with Crippen LogP contribution >= 0.6 is 11.3 Å². The average Bonchev–Trinajstić information content (AvgIpc) is 3.74. The van der Waals surface area contributed by atoms with E-state index >= 15 is 0 Å². The van der Waals surface area contributed by atoms with Crippen molar-refractivity contribution < 1.29 is 0 Å². The summed E-state index contributed by atoms with van der Waals surface area (Å²) < 4.78 is 2.55. The van der Waals surface area contributed by atoms with Crippen molar-refractivity contribution in [3.63, 3.8) is 0 Å².